The maximum atomic E-state index is 12.4. The van der Waals surface area contributed by atoms with Crippen LogP contribution < -0.4 is 10.5 Å². The van der Waals surface area contributed by atoms with Gasteiger partial charge in [-0.25, -0.2) is 0 Å². The Bertz CT molecular complexity index is 496. The Morgan fingerprint density at radius 3 is 2.62 bits per heavy atom. The van der Waals surface area contributed by atoms with Crippen molar-refractivity contribution in [3.63, 3.8) is 0 Å². The molecule has 116 valence electrons. The third kappa shape index (κ3) is 3.95. The van der Waals surface area contributed by atoms with Gasteiger partial charge in [0.15, 0.2) is 6.10 Å². The van der Waals surface area contributed by atoms with Crippen molar-refractivity contribution in [2.45, 2.75) is 32.9 Å². The van der Waals surface area contributed by atoms with Gasteiger partial charge in [0.1, 0.15) is 5.75 Å². The van der Waals surface area contributed by atoms with Gasteiger partial charge in [-0.15, -0.1) is 0 Å². The van der Waals surface area contributed by atoms with Gasteiger partial charge in [-0.2, -0.15) is 0 Å². The number of benzene rings is 1. The largest absolute Gasteiger partial charge is 0.481 e. The van der Waals surface area contributed by atoms with Crippen molar-refractivity contribution in [3.8, 4) is 5.75 Å². The molecular formula is C16H24N2O3. The zero-order valence-corrected chi connectivity index (χ0v) is 13.0. The third-order valence-corrected chi connectivity index (χ3v) is 3.63. The standard InChI is InChI=1S/C16H24N2O3/c1-11-4-5-14(12(2)17)15(10-11)21-13(3)16(19)18-6-8-20-9-7-18/h4-5,10,12-13H,6-9,17H2,1-3H3/t12-,13?/m0/s1. The van der Waals surface area contributed by atoms with Gasteiger partial charge in [0.2, 0.25) is 0 Å². The van der Waals surface area contributed by atoms with Gasteiger partial charge in [0.25, 0.3) is 5.91 Å². The summed E-state index contributed by atoms with van der Waals surface area (Å²) in [6, 6.07) is 5.76. The van der Waals surface area contributed by atoms with Crippen molar-refractivity contribution in [1.82, 2.24) is 4.90 Å². The Kier molecular flexibility index (Phi) is 5.20. The minimum atomic E-state index is -0.526. The van der Waals surface area contributed by atoms with Crippen LogP contribution >= 0.6 is 0 Å². The Hall–Kier alpha value is -1.59. The highest BCUT2D eigenvalue weighted by molar-refractivity contribution is 5.81. The molecule has 0 aromatic heterocycles. The predicted molar refractivity (Wildman–Crippen MR) is 81.3 cm³/mol. The van der Waals surface area contributed by atoms with Crippen molar-refractivity contribution < 1.29 is 14.3 Å². The van der Waals surface area contributed by atoms with Crippen LogP contribution in [0.25, 0.3) is 0 Å². The average molecular weight is 292 g/mol. The van der Waals surface area contributed by atoms with E-state index in [0.717, 1.165) is 11.1 Å². The molecule has 0 spiro atoms. The number of morpholine rings is 1. The van der Waals surface area contributed by atoms with Gasteiger partial charge in [0.05, 0.1) is 13.2 Å². The molecule has 2 rings (SSSR count). The summed E-state index contributed by atoms with van der Waals surface area (Å²) < 4.78 is 11.2. The fraction of sp³-hybridized carbons (Fsp3) is 0.562. The molecule has 5 nitrogen and oxygen atoms in total. The molecule has 1 aromatic rings. The summed E-state index contributed by atoms with van der Waals surface area (Å²) in [5, 5.41) is 0. The number of nitrogens with two attached hydrogens (primary N) is 1. The zero-order valence-electron chi connectivity index (χ0n) is 13.0. The number of nitrogens with zero attached hydrogens (tertiary/aromatic N) is 1. The molecule has 21 heavy (non-hydrogen) atoms. The Morgan fingerprint density at radius 1 is 1.33 bits per heavy atom. The molecule has 1 aromatic carbocycles. The van der Waals surface area contributed by atoms with Crippen molar-refractivity contribution in [2.75, 3.05) is 26.3 Å². The lowest BCUT2D eigenvalue weighted by molar-refractivity contribution is -0.142. The van der Waals surface area contributed by atoms with E-state index in [-0.39, 0.29) is 11.9 Å². The van der Waals surface area contributed by atoms with Gasteiger partial charge < -0.3 is 20.1 Å². The number of ether oxygens (including phenoxy) is 2. The minimum Gasteiger partial charge on any atom is -0.481 e. The Morgan fingerprint density at radius 2 is 2.00 bits per heavy atom. The SMILES string of the molecule is Cc1ccc([C@H](C)N)c(OC(C)C(=O)N2CCOCC2)c1. The first-order valence-electron chi connectivity index (χ1n) is 7.38. The first kappa shape index (κ1) is 15.8. The summed E-state index contributed by atoms with van der Waals surface area (Å²) in [5.41, 5.74) is 7.97. The minimum absolute atomic E-state index is 0.00423. The van der Waals surface area contributed by atoms with E-state index < -0.39 is 6.10 Å². The van der Waals surface area contributed by atoms with Crippen molar-refractivity contribution in [2.24, 2.45) is 5.73 Å². The van der Waals surface area contributed by atoms with E-state index in [4.69, 9.17) is 15.2 Å². The van der Waals surface area contributed by atoms with Crippen LogP contribution in [-0.4, -0.2) is 43.2 Å². The van der Waals surface area contributed by atoms with Gasteiger partial charge >= 0.3 is 0 Å². The fourth-order valence-corrected chi connectivity index (χ4v) is 2.40. The Labute approximate surface area is 126 Å². The summed E-state index contributed by atoms with van der Waals surface area (Å²) in [6.45, 7) is 8.12. The first-order valence-corrected chi connectivity index (χ1v) is 7.38. The molecule has 2 atom stereocenters. The van der Waals surface area contributed by atoms with Gasteiger partial charge in [0, 0.05) is 24.7 Å². The molecule has 0 radical (unpaired) electrons. The number of aryl methyl sites for hydroxylation is 1. The molecule has 1 aliphatic heterocycles. The molecule has 1 amide bonds. The Balaban J connectivity index is 2.09. The van der Waals surface area contributed by atoms with Gasteiger partial charge in [-0.1, -0.05) is 12.1 Å². The number of carbonyl (C=O) groups is 1. The molecule has 1 unspecified atom stereocenters. The first-order chi connectivity index (χ1) is 9.99. The van der Waals surface area contributed by atoms with E-state index in [1.807, 2.05) is 32.0 Å². The van der Waals surface area contributed by atoms with E-state index in [0.29, 0.717) is 32.1 Å². The lowest BCUT2D eigenvalue weighted by atomic mass is 10.1. The monoisotopic (exact) mass is 292 g/mol. The highest BCUT2D eigenvalue weighted by atomic mass is 16.5. The van der Waals surface area contributed by atoms with Crippen LogP contribution in [0, 0.1) is 6.92 Å². The summed E-state index contributed by atoms with van der Waals surface area (Å²) in [5.74, 6) is 0.689. The normalized spacial score (nSPS) is 18.2. The van der Waals surface area contributed by atoms with Crippen LogP contribution in [0.5, 0.6) is 5.75 Å². The van der Waals surface area contributed by atoms with Gasteiger partial charge in [-0.05, 0) is 32.4 Å². The van der Waals surface area contributed by atoms with E-state index >= 15 is 0 Å². The summed E-state index contributed by atoms with van der Waals surface area (Å²) in [6.07, 6.45) is -0.526. The van der Waals surface area contributed by atoms with E-state index in [2.05, 4.69) is 0 Å². The second-order valence-electron chi connectivity index (χ2n) is 5.53. The molecular weight excluding hydrogens is 268 g/mol. The van der Waals surface area contributed by atoms with Crippen LogP contribution in [0.2, 0.25) is 0 Å². The lowest BCUT2D eigenvalue weighted by Gasteiger charge is -2.29. The van der Waals surface area contributed by atoms with Crippen molar-refractivity contribution >= 4 is 5.91 Å². The number of amides is 1. The summed E-state index contributed by atoms with van der Waals surface area (Å²) >= 11 is 0. The number of hydrogen-bond donors (Lipinski definition) is 1. The van der Waals surface area contributed by atoms with Crippen molar-refractivity contribution in [3.05, 3.63) is 29.3 Å². The highest BCUT2D eigenvalue weighted by Gasteiger charge is 2.24. The lowest BCUT2D eigenvalue weighted by Crippen LogP contribution is -2.46. The number of hydrogen-bond acceptors (Lipinski definition) is 4. The van der Waals surface area contributed by atoms with E-state index in [9.17, 15) is 4.79 Å². The molecule has 0 saturated carbocycles. The molecule has 0 aliphatic carbocycles. The fourth-order valence-electron chi connectivity index (χ4n) is 2.40. The maximum absolute atomic E-state index is 12.4. The number of carbonyl (C=O) groups excluding carboxylic acids is 1. The van der Waals surface area contributed by atoms with Crippen LogP contribution in [0.4, 0.5) is 0 Å². The molecule has 1 heterocycles. The van der Waals surface area contributed by atoms with Crippen LogP contribution in [0.3, 0.4) is 0 Å². The molecule has 1 aliphatic rings. The second-order valence-corrected chi connectivity index (χ2v) is 5.53. The summed E-state index contributed by atoms with van der Waals surface area (Å²) in [4.78, 5) is 14.2. The molecule has 0 bridgehead atoms. The van der Waals surface area contributed by atoms with E-state index in [1.54, 1.807) is 11.8 Å². The van der Waals surface area contributed by atoms with Crippen LogP contribution in [0.15, 0.2) is 18.2 Å². The highest BCUT2D eigenvalue weighted by Crippen LogP contribution is 2.26. The zero-order chi connectivity index (χ0) is 15.4. The van der Waals surface area contributed by atoms with Crippen LogP contribution in [-0.2, 0) is 9.53 Å². The molecule has 1 saturated heterocycles. The van der Waals surface area contributed by atoms with Crippen molar-refractivity contribution in [1.29, 1.82) is 0 Å². The maximum Gasteiger partial charge on any atom is 0.263 e. The summed E-state index contributed by atoms with van der Waals surface area (Å²) in [7, 11) is 0. The average Bonchev–Trinajstić information content (AvgIpc) is 2.47. The quantitative estimate of drug-likeness (QED) is 0.916. The van der Waals surface area contributed by atoms with E-state index in [1.165, 1.54) is 0 Å². The van der Waals surface area contributed by atoms with Crippen LogP contribution in [0.1, 0.15) is 31.0 Å². The van der Waals surface area contributed by atoms with Gasteiger partial charge in [-0.3, -0.25) is 4.79 Å². The molecule has 5 heteroatoms. The number of rotatable bonds is 4. The smallest absolute Gasteiger partial charge is 0.263 e. The third-order valence-electron chi connectivity index (χ3n) is 3.63. The second kappa shape index (κ2) is 6.91. The predicted octanol–water partition coefficient (Wildman–Crippen LogP) is 1.64. The molecule has 1 fully saturated rings. The molecule has 2 N–H and O–H groups in total. The topological polar surface area (TPSA) is 64.8 Å².